The minimum absolute atomic E-state index is 0.0193. The van der Waals surface area contributed by atoms with Crippen molar-refractivity contribution in [2.45, 2.75) is 11.1 Å². The highest BCUT2D eigenvalue weighted by Crippen LogP contribution is 2.34. The summed E-state index contributed by atoms with van der Waals surface area (Å²) >= 11 is 0. The zero-order valence-electron chi connectivity index (χ0n) is 16.4. The maximum atomic E-state index is 13.0. The second-order valence-corrected chi connectivity index (χ2v) is 8.02. The minimum atomic E-state index is -5.02. The van der Waals surface area contributed by atoms with Gasteiger partial charge >= 0.3 is 16.3 Å². The smallest absolute Gasteiger partial charge is 0.264 e. The zero-order chi connectivity index (χ0) is 24.2. The number of nitrogens with zero attached hydrogens (tertiary/aromatic N) is 3. The first-order chi connectivity index (χ1) is 15.5. The third kappa shape index (κ3) is 5.52. The second-order valence-electron chi connectivity index (χ2n) is 6.49. The normalized spacial score (nSPS) is 13.4. The Morgan fingerprint density at radius 2 is 1.70 bits per heavy atom. The van der Waals surface area contributed by atoms with Gasteiger partial charge in [-0.15, -0.1) is 0 Å². The van der Waals surface area contributed by atoms with Crippen molar-refractivity contribution in [1.29, 1.82) is 5.26 Å². The van der Waals surface area contributed by atoms with Crippen molar-refractivity contribution in [3.8, 4) is 6.07 Å². The van der Waals surface area contributed by atoms with Crippen LogP contribution in [-0.4, -0.2) is 19.1 Å². The molecular weight excluding hydrogens is 463 g/mol. The van der Waals surface area contributed by atoms with Gasteiger partial charge in [-0.2, -0.15) is 26.9 Å². The van der Waals surface area contributed by atoms with E-state index in [1.165, 1.54) is 24.3 Å². The molecule has 0 saturated heterocycles. The maximum absolute atomic E-state index is 13.0. The predicted octanol–water partition coefficient (Wildman–Crippen LogP) is 4.78. The first-order valence-corrected chi connectivity index (χ1v) is 10.4. The van der Waals surface area contributed by atoms with Gasteiger partial charge in [-0.05, 0) is 29.4 Å². The molecule has 0 saturated carbocycles. The summed E-state index contributed by atoms with van der Waals surface area (Å²) in [4.78, 5) is 8.68. The number of oxime groups is 1. The molecule has 1 aliphatic rings. The standard InChI is InChI=1S/C21H12F3N3O5S/c22-21(23,24)16-10-18(27(28)29)12-19(11-16)33(30,31)32-26-17-8-6-15(7-9-17)20(13-25)14-4-2-1-3-5-14/h1-12H. The summed E-state index contributed by atoms with van der Waals surface area (Å²) in [7, 11) is -4.90. The molecule has 168 valence electrons. The van der Waals surface area contributed by atoms with Gasteiger partial charge in [0.25, 0.3) is 5.69 Å². The van der Waals surface area contributed by atoms with Crippen molar-refractivity contribution >= 4 is 27.1 Å². The van der Waals surface area contributed by atoms with E-state index >= 15 is 0 Å². The Morgan fingerprint density at radius 3 is 2.24 bits per heavy atom. The van der Waals surface area contributed by atoms with Gasteiger partial charge in [0.1, 0.15) is 16.7 Å². The quantitative estimate of drug-likeness (QED) is 0.348. The van der Waals surface area contributed by atoms with E-state index in [0.29, 0.717) is 22.8 Å². The highest BCUT2D eigenvalue weighted by atomic mass is 32.2. The summed E-state index contributed by atoms with van der Waals surface area (Å²) in [6, 6.07) is 11.7. The number of benzene rings is 2. The number of hydrogen-bond donors (Lipinski definition) is 0. The summed E-state index contributed by atoms with van der Waals surface area (Å²) in [6.07, 6.45) is 0.612. The van der Waals surface area contributed by atoms with E-state index in [-0.39, 0.29) is 17.8 Å². The van der Waals surface area contributed by atoms with Crippen LogP contribution in [0.15, 0.2) is 88.5 Å². The molecule has 0 aromatic heterocycles. The van der Waals surface area contributed by atoms with E-state index in [0.717, 1.165) is 0 Å². The molecular formula is C21H12F3N3O5S. The van der Waals surface area contributed by atoms with E-state index in [1.807, 2.05) is 0 Å². The Labute approximate surface area is 185 Å². The van der Waals surface area contributed by atoms with Gasteiger partial charge in [0.15, 0.2) is 0 Å². The number of allylic oxidation sites excluding steroid dienone is 6. The number of halogens is 3. The lowest BCUT2D eigenvalue weighted by Gasteiger charge is -2.09. The number of non-ortho nitro benzene ring substituents is 1. The van der Waals surface area contributed by atoms with Crippen LogP contribution in [0.5, 0.6) is 0 Å². The van der Waals surface area contributed by atoms with E-state index < -0.39 is 37.4 Å². The van der Waals surface area contributed by atoms with Crippen molar-refractivity contribution in [1.82, 2.24) is 0 Å². The number of alkyl halides is 3. The molecule has 33 heavy (non-hydrogen) atoms. The lowest BCUT2D eigenvalue weighted by atomic mass is 9.97. The van der Waals surface area contributed by atoms with Crippen molar-refractivity contribution in [3.05, 3.63) is 99.6 Å². The van der Waals surface area contributed by atoms with Gasteiger partial charge in [-0.3, -0.25) is 14.4 Å². The molecule has 3 rings (SSSR count). The highest BCUT2D eigenvalue weighted by molar-refractivity contribution is 7.86. The molecule has 0 fully saturated rings. The predicted molar refractivity (Wildman–Crippen MR) is 111 cm³/mol. The number of nitriles is 1. The van der Waals surface area contributed by atoms with Crippen LogP contribution in [0.3, 0.4) is 0 Å². The van der Waals surface area contributed by atoms with Gasteiger partial charge in [0.2, 0.25) is 0 Å². The van der Waals surface area contributed by atoms with Crippen LogP contribution in [0.2, 0.25) is 0 Å². The molecule has 0 heterocycles. The van der Waals surface area contributed by atoms with Crippen LogP contribution in [0, 0.1) is 21.4 Å². The Hall–Kier alpha value is -4.24. The SMILES string of the molecule is N#CC(=C1C=CC(=NOS(=O)(=O)c2cc([N+](=O)[O-])cc(C(F)(F)F)c2)C=C1)c1ccccc1. The lowest BCUT2D eigenvalue weighted by molar-refractivity contribution is -0.385. The van der Waals surface area contributed by atoms with Crippen molar-refractivity contribution in [3.63, 3.8) is 0 Å². The van der Waals surface area contributed by atoms with E-state index in [1.54, 1.807) is 30.3 Å². The number of nitro benzene ring substituents is 1. The third-order valence-corrected chi connectivity index (χ3v) is 5.37. The van der Waals surface area contributed by atoms with E-state index in [4.69, 9.17) is 0 Å². The van der Waals surface area contributed by atoms with Crippen LogP contribution in [0.4, 0.5) is 18.9 Å². The Balaban J connectivity index is 1.88. The number of nitro groups is 1. The molecule has 0 unspecified atom stereocenters. The average molecular weight is 475 g/mol. The fraction of sp³-hybridized carbons (Fsp3) is 0.0476. The van der Waals surface area contributed by atoms with Gasteiger partial charge in [0.05, 0.1) is 16.1 Å². The summed E-state index contributed by atoms with van der Waals surface area (Å²) in [6.45, 7) is 0. The molecule has 12 heteroatoms. The first kappa shape index (κ1) is 23.4. The summed E-state index contributed by atoms with van der Waals surface area (Å²) in [5.41, 5.74) is -1.09. The summed E-state index contributed by atoms with van der Waals surface area (Å²) in [5, 5.41) is 23.7. The molecule has 0 amide bonds. The van der Waals surface area contributed by atoms with Crippen LogP contribution < -0.4 is 0 Å². The Morgan fingerprint density at radius 1 is 1.06 bits per heavy atom. The topological polar surface area (TPSA) is 123 Å². The fourth-order valence-corrected chi connectivity index (χ4v) is 3.53. The zero-order valence-corrected chi connectivity index (χ0v) is 17.2. The molecule has 2 aromatic rings. The van der Waals surface area contributed by atoms with Crippen molar-refractivity contribution in [2.75, 3.05) is 0 Å². The molecule has 2 aromatic carbocycles. The number of rotatable bonds is 5. The maximum Gasteiger partial charge on any atom is 0.416 e. The van der Waals surface area contributed by atoms with E-state index in [9.17, 15) is 37.0 Å². The van der Waals surface area contributed by atoms with Gasteiger partial charge < -0.3 is 0 Å². The molecule has 0 radical (unpaired) electrons. The molecule has 0 bridgehead atoms. The summed E-state index contributed by atoms with van der Waals surface area (Å²) < 4.78 is 68.1. The monoisotopic (exact) mass is 475 g/mol. The third-order valence-electron chi connectivity index (χ3n) is 4.29. The first-order valence-electron chi connectivity index (χ1n) is 8.95. The summed E-state index contributed by atoms with van der Waals surface area (Å²) in [5.74, 6) is 0. The largest absolute Gasteiger partial charge is 0.416 e. The number of hydrogen-bond acceptors (Lipinski definition) is 7. The molecule has 0 N–H and O–H groups in total. The van der Waals surface area contributed by atoms with Crippen LogP contribution in [-0.2, 0) is 20.6 Å². The van der Waals surface area contributed by atoms with Crippen molar-refractivity contribution in [2.24, 2.45) is 5.16 Å². The van der Waals surface area contributed by atoms with Crippen LogP contribution in [0.25, 0.3) is 5.57 Å². The van der Waals surface area contributed by atoms with Gasteiger partial charge in [0, 0.05) is 12.1 Å². The van der Waals surface area contributed by atoms with Crippen LogP contribution >= 0.6 is 0 Å². The van der Waals surface area contributed by atoms with E-state index in [2.05, 4.69) is 15.5 Å². The van der Waals surface area contributed by atoms with Gasteiger partial charge in [-0.25, -0.2) is 0 Å². The molecule has 0 spiro atoms. The van der Waals surface area contributed by atoms with Crippen LogP contribution in [0.1, 0.15) is 11.1 Å². The van der Waals surface area contributed by atoms with Gasteiger partial charge in [-0.1, -0.05) is 47.6 Å². The Kier molecular flexibility index (Phi) is 6.45. The average Bonchev–Trinajstić information content (AvgIpc) is 2.79. The second kappa shape index (κ2) is 9.09. The molecule has 0 atom stereocenters. The molecule has 8 nitrogen and oxygen atoms in total. The highest BCUT2D eigenvalue weighted by Gasteiger charge is 2.35. The minimum Gasteiger partial charge on any atom is -0.264 e. The molecule has 0 aliphatic heterocycles. The molecule has 1 aliphatic carbocycles. The Bertz CT molecular complexity index is 1350. The van der Waals surface area contributed by atoms with Crippen molar-refractivity contribution < 1.29 is 30.8 Å². The lowest BCUT2D eigenvalue weighted by Crippen LogP contribution is -2.10. The fourth-order valence-electron chi connectivity index (χ4n) is 2.72.